The van der Waals surface area contributed by atoms with Crippen LogP contribution in [0.5, 0.6) is 0 Å². The summed E-state index contributed by atoms with van der Waals surface area (Å²) in [6.45, 7) is 2.16. The van der Waals surface area contributed by atoms with Crippen molar-refractivity contribution < 1.29 is 4.39 Å². The molecule has 3 heteroatoms. The van der Waals surface area contributed by atoms with Gasteiger partial charge in [0.1, 0.15) is 11.9 Å². The molecule has 16 heavy (non-hydrogen) atoms. The first kappa shape index (κ1) is 10.9. The number of nitrogens with one attached hydrogen (secondary N) is 1. The van der Waals surface area contributed by atoms with Gasteiger partial charge < -0.3 is 5.32 Å². The van der Waals surface area contributed by atoms with E-state index >= 15 is 0 Å². The first-order valence-electron chi connectivity index (χ1n) is 5.61. The quantitative estimate of drug-likeness (QED) is 0.825. The Morgan fingerprint density at radius 1 is 1.38 bits per heavy atom. The highest BCUT2D eigenvalue weighted by Crippen LogP contribution is 2.32. The Morgan fingerprint density at radius 3 is 2.62 bits per heavy atom. The molecule has 0 aliphatic heterocycles. The lowest BCUT2D eigenvalue weighted by Crippen LogP contribution is -2.30. The van der Waals surface area contributed by atoms with Crippen LogP contribution in [0.15, 0.2) is 18.2 Å². The summed E-state index contributed by atoms with van der Waals surface area (Å²) in [5.74, 6) is -0.450. The molecule has 1 aromatic rings. The molecule has 84 valence electrons. The van der Waals surface area contributed by atoms with Crippen molar-refractivity contribution in [2.24, 2.45) is 0 Å². The topological polar surface area (TPSA) is 35.8 Å². The highest BCUT2D eigenvalue weighted by molar-refractivity contribution is 5.49. The fourth-order valence-corrected chi connectivity index (χ4v) is 2.31. The molecule has 1 saturated carbocycles. The summed E-state index contributed by atoms with van der Waals surface area (Å²) >= 11 is 0. The monoisotopic (exact) mass is 218 g/mol. The lowest BCUT2D eigenvalue weighted by Gasteiger charge is -2.26. The summed E-state index contributed by atoms with van der Waals surface area (Å²) in [4.78, 5) is 0. The lowest BCUT2D eigenvalue weighted by atomic mass is 10.00. The second-order valence-corrected chi connectivity index (χ2v) is 4.70. The molecule has 0 unspecified atom stereocenters. The van der Waals surface area contributed by atoms with Crippen LogP contribution in [0.3, 0.4) is 0 Å². The molecule has 2 nitrogen and oxygen atoms in total. The van der Waals surface area contributed by atoms with E-state index in [0.717, 1.165) is 18.5 Å². The van der Waals surface area contributed by atoms with E-state index in [1.807, 2.05) is 6.07 Å². The molecular formula is C13H15FN2. The third kappa shape index (κ3) is 2.16. The molecule has 1 aliphatic carbocycles. The molecule has 0 aromatic heterocycles. The Balaban J connectivity index is 2.16. The zero-order chi connectivity index (χ0) is 11.6. The number of hydrogen-bond acceptors (Lipinski definition) is 2. The van der Waals surface area contributed by atoms with E-state index < -0.39 is 5.82 Å². The predicted molar refractivity (Wildman–Crippen MR) is 61.6 cm³/mol. The maximum Gasteiger partial charge on any atom is 0.143 e. The molecule has 1 fully saturated rings. The van der Waals surface area contributed by atoms with Crippen LogP contribution < -0.4 is 5.32 Å². The number of hydrogen-bond donors (Lipinski definition) is 1. The molecule has 0 spiro atoms. The first-order chi connectivity index (χ1) is 7.63. The summed E-state index contributed by atoms with van der Waals surface area (Å²) < 4.78 is 13.4. The molecule has 2 rings (SSSR count). The maximum atomic E-state index is 13.4. The maximum absolute atomic E-state index is 13.4. The van der Waals surface area contributed by atoms with E-state index in [9.17, 15) is 4.39 Å². The van der Waals surface area contributed by atoms with Gasteiger partial charge in [-0.15, -0.1) is 0 Å². The van der Waals surface area contributed by atoms with Crippen LogP contribution in [0, 0.1) is 17.1 Å². The normalized spacial score (nSPS) is 18.1. The summed E-state index contributed by atoms with van der Waals surface area (Å²) in [7, 11) is 0. The third-order valence-corrected chi connectivity index (χ3v) is 3.24. The van der Waals surface area contributed by atoms with Gasteiger partial charge in [-0.25, -0.2) is 4.39 Å². The van der Waals surface area contributed by atoms with E-state index in [1.165, 1.54) is 25.0 Å². The van der Waals surface area contributed by atoms with Crippen molar-refractivity contribution in [1.29, 1.82) is 5.26 Å². The summed E-state index contributed by atoms with van der Waals surface area (Å²) in [5.41, 5.74) is 0.948. The fourth-order valence-electron chi connectivity index (χ4n) is 2.31. The summed E-state index contributed by atoms with van der Waals surface area (Å²) in [6.07, 6.45) is 4.69. The highest BCUT2D eigenvalue weighted by Gasteiger charge is 2.28. The van der Waals surface area contributed by atoms with Crippen molar-refractivity contribution in [1.82, 2.24) is 0 Å². The second kappa shape index (κ2) is 4.13. The van der Waals surface area contributed by atoms with E-state index in [2.05, 4.69) is 12.2 Å². The van der Waals surface area contributed by atoms with Crippen LogP contribution in [0.1, 0.15) is 38.2 Å². The molecule has 1 aliphatic rings. The molecule has 0 atom stereocenters. The minimum absolute atomic E-state index is 0.0839. The SMILES string of the molecule is CC1(Nc2ccc(C#N)c(F)c2)CCCC1. The molecule has 1 aromatic carbocycles. The Morgan fingerprint density at radius 2 is 2.06 bits per heavy atom. The Hall–Kier alpha value is -1.56. The van der Waals surface area contributed by atoms with Crippen LogP contribution in [0.25, 0.3) is 0 Å². The van der Waals surface area contributed by atoms with Gasteiger partial charge in [-0.05, 0) is 38.0 Å². The Bertz CT molecular complexity index is 428. The van der Waals surface area contributed by atoms with Crippen molar-refractivity contribution in [2.75, 3.05) is 5.32 Å². The Kier molecular flexibility index (Phi) is 2.82. The van der Waals surface area contributed by atoms with Gasteiger partial charge in [0.05, 0.1) is 5.56 Å². The van der Waals surface area contributed by atoms with Gasteiger partial charge in [0.25, 0.3) is 0 Å². The number of halogens is 1. The number of benzene rings is 1. The summed E-state index contributed by atoms with van der Waals surface area (Å²) in [5, 5.41) is 12.0. The molecular weight excluding hydrogens is 203 g/mol. The summed E-state index contributed by atoms with van der Waals surface area (Å²) in [6, 6.07) is 6.52. The predicted octanol–water partition coefficient (Wildman–Crippen LogP) is 3.44. The average Bonchev–Trinajstić information content (AvgIpc) is 2.65. The van der Waals surface area contributed by atoms with Crippen LogP contribution in [-0.2, 0) is 0 Å². The van der Waals surface area contributed by atoms with Crippen molar-refractivity contribution in [3.8, 4) is 6.07 Å². The van der Waals surface area contributed by atoms with Gasteiger partial charge in [0, 0.05) is 11.2 Å². The van der Waals surface area contributed by atoms with Gasteiger partial charge >= 0.3 is 0 Å². The lowest BCUT2D eigenvalue weighted by molar-refractivity contribution is 0.532. The molecule has 0 amide bonds. The standard InChI is InChI=1S/C13H15FN2/c1-13(6-2-3-7-13)16-11-5-4-10(9-15)12(14)8-11/h4-5,8,16H,2-3,6-7H2,1H3. The smallest absolute Gasteiger partial charge is 0.143 e. The van der Waals surface area contributed by atoms with Crippen molar-refractivity contribution in [2.45, 2.75) is 38.1 Å². The number of rotatable bonds is 2. The zero-order valence-electron chi connectivity index (χ0n) is 9.39. The van der Waals surface area contributed by atoms with Gasteiger partial charge in [0.15, 0.2) is 0 Å². The van der Waals surface area contributed by atoms with Gasteiger partial charge in [-0.2, -0.15) is 5.26 Å². The minimum Gasteiger partial charge on any atom is -0.380 e. The zero-order valence-corrected chi connectivity index (χ0v) is 9.39. The van der Waals surface area contributed by atoms with Crippen LogP contribution in [-0.4, -0.2) is 5.54 Å². The Labute approximate surface area is 95.1 Å². The third-order valence-electron chi connectivity index (χ3n) is 3.24. The van der Waals surface area contributed by atoms with Crippen LogP contribution >= 0.6 is 0 Å². The van der Waals surface area contributed by atoms with Crippen LogP contribution in [0.2, 0.25) is 0 Å². The first-order valence-corrected chi connectivity index (χ1v) is 5.61. The van der Waals surface area contributed by atoms with E-state index in [-0.39, 0.29) is 11.1 Å². The fraction of sp³-hybridized carbons (Fsp3) is 0.462. The second-order valence-electron chi connectivity index (χ2n) is 4.70. The molecule has 0 saturated heterocycles. The van der Waals surface area contributed by atoms with Gasteiger partial charge in [-0.3, -0.25) is 0 Å². The number of anilines is 1. The van der Waals surface area contributed by atoms with Crippen LogP contribution in [0.4, 0.5) is 10.1 Å². The molecule has 0 radical (unpaired) electrons. The molecule has 0 bridgehead atoms. The highest BCUT2D eigenvalue weighted by atomic mass is 19.1. The van der Waals surface area contributed by atoms with Crippen molar-refractivity contribution >= 4 is 5.69 Å². The van der Waals surface area contributed by atoms with Gasteiger partial charge in [0.2, 0.25) is 0 Å². The van der Waals surface area contributed by atoms with Crippen molar-refractivity contribution in [3.63, 3.8) is 0 Å². The minimum atomic E-state index is -0.450. The van der Waals surface area contributed by atoms with Crippen molar-refractivity contribution in [3.05, 3.63) is 29.6 Å². The largest absolute Gasteiger partial charge is 0.380 e. The molecule has 1 N–H and O–H groups in total. The van der Waals surface area contributed by atoms with Gasteiger partial charge in [-0.1, -0.05) is 12.8 Å². The number of nitriles is 1. The van der Waals surface area contributed by atoms with E-state index in [1.54, 1.807) is 6.07 Å². The number of nitrogens with zero attached hydrogens (tertiary/aromatic N) is 1. The average molecular weight is 218 g/mol. The van der Waals surface area contributed by atoms with E-state index in [0.29, 0.717) is 0 Å². The van der Waals surface area contributed by atoms with E-state index in [4.69, 9.17) is 5.26 Å². The molecule has 0 heterocycles.